The topological polar surface area (TPSA) is 92.5 Å². The van der Waals surface area contributed by atoms with Gasteiger partial charge in [0, 0.05) is 24.9 Å². The molecule has 0 radical (unpaired) electrons. The van der Waals surface area contributed by atoms with Gasteiger partial charge < -0.3 is 5.43 Å². The molecule has 0 bridgehead atoms. The van der Waals surface area contributed by atoms with Gasteiger partial charge >= 0.3 is 0 Å². The summed E-state index contributed by atoms with van der Waals surface area (Å²) in [7, 11) is -2.38. The smallest absolute Gasteiger partial charge is 0.293 e. The molecule has 0 atom stereocenters. The van der Waals surface area contributed by atoms with E-state index in [9.17, 15) is 18.5 Å². The number of hydrogen-bond acceptors (Lipinski definition) is 6. The molecular weight excluding hydrogens is 282 g/mol. The normalized spacial score (nSPS) is 15.1. The van der Waals surface area contributed by atoms with Crippen molar-refractivity contribution < 1.29 is 13.3 Å². The summed E-state index contributed by atoms with van der Waals surface area (Å²) in [5.74, 6) is 0.108. The van der Waals surface area contributed by atoms with Crippen LogP contribution in [0.3, 0.4) is 0 Å². The molecule has 1 fully saturated rings. The number of hydrazine groups is 1. The highest BCUT2D eigenvalue weighted by Crippen LogP contribution is 2.27. The van der Waals surface area contributed by atoms with Gasteiger partial charge in [0.15, 0.2) is 0 Å². The third kappa shape index (κ3) is 3.91. The SMILES string of the molecule is O=[N+]([O-])c1cc(CCC[SH](=O)=O)ccc1NN1CCC1. The monoisotopic (exact) mass is 299 g/mol. The Morgan fingerprint density at radius 1 is 1.35 bits per heavy atom. The maximum Gasteiger partial charge on any atom is 0.293 e. The van der Waals surface area contributed by atoms with E-state index in [1.54, 1.807) is 12.1 Å². The third-order valence-corrected chi connectivity index (χ3v) is 3.88. The Hall–Kier alpha value is -1.67. The zero-order chi connectivity index (χ0) is 14.5. The summed E-state index contributed by atoms with van der Waals surface area (Å²) in [4.78, 5) is 10.7. The lowest BCUT2D eigenvalue weighted by Gasteiger charge is -2.31. The van der Waals surface area contributed by atoms with Crippen molar-refractivity contribution >= 4 is 22.1 Å². The number of hydrogen-bond donors (Lipinski definition) is 2. The second kappa shape index (κ2) is 6.67. The molecule has 110 valence electrons. The van der Waals surface area contributed by atoms with E-state index >= 15 is 0 Å². The molecule has 1 aromatic rings. The van der Waals surface area contributed by atoms with E-state index in [-0.39, 0.29) is 11.4 Å². The Kier molecular flexibility index (Phi) is 4.91. The summed E-state index contributed by atoms with van der Waals surface area (Å²) in [5, 5.41) is 13.0. The van der Waals surface area contributed by atoms with Gasteiger partial charge in [-0.1, -0.05) is 6.07 Å². The standard InChI is InChI=1S/C12H17N3O4S/c16-15(17)12-9-10(3-1-8-20(18)19)4-5-11(12)13-14-6-2-7-14/h4-5,9,13,20H,1-3,6-8H2. The number of nitrogens with one attached hydrogen (secondary N) is 1. The van der Waals surface area contributed by atoms with Crippen LogP contribution in [0, 0.1) is 10.1 Å². The Morgan fingerprint density at radius 3 is 2.65 bits per heavy atom. The van der Waals surface area contributed by atoms with Crippen molar-refractivity contribution in [2.24, 2.45) is 0 Å². The number of aryl methyl sites for hydroxylation is 1. The van der Waals surface area contributed by atoms with E-state index < -0.39 is 15.6 Å². The highest BCUT2D eigenvalue weighted by Gasteiger charge is 2.19. The Balaban J connectivity index is 2.07. The van der Waals surface area contributed by atoms with Crippen LogP contribution in [-0.4, -0.2) is 37.2 Å². The van der Waals surface area contributed by atoms with E-state index in [0.29, 0.717) is 18.5 Å². The van der Waals surface area contributed by atoms with E-state index in [1.165, 1.54) is 6.07 Å². The van der Waals surface area contributed by atoms with Gasteiger partial charge in [-0.3, -0.25) is 10.1 Å². The van der Waals surface area contributed by atoms with Gasteiger partial charge in [-0.2, -0.15) is 0 Å². The minimum absolute atomic E-state index is 0.0286. The first kappa shape index (κ1) is 14.7. The van der Waals surface area contributed by atoms with Crippen LogP contribution < -0.4 is 5.43 Å². The van der Waals surface area contributed by atoms with Crippen LogP contribution in [0.25, 0.3) is 0 Å². The molecule has 2 rings (SSSR count). The lowest BCUT2D eigenvalue weighted by atomic mass is 10.1. The molecule has 0 spiro atoms. The molecule has 1 aromatic carbocycles. The predicted molar refractivity (Wildman–Crippen MR) is 76.4 cm³/mol. The van der Waals surface area contributed by atoms with Crippen molar-refractivity contribution in [1.29, 1.82) is 0 Å². The van der Waals surface area contributed by atoms with Crippen molar-refractivity contribution in [2.75, 3.05) is 24.3 Å². The molecule has 7 nitrogen and oxygen atoms in total. The van der Waals surface area contributed by atoms with E-state index in [1.807, 2.05) is 5.01 Å². The number of anilines is 1. The fraction of sp³-hybridized carbons (Fsp3) is 0.500. The summed E-state index contributed by atoms with van der Waals surface area (Å²) in [6.07, 6.45) is 2.09. The molecule has 20 heavy (non-hydrogen) atoms. The van der Waals surface area contributed by atoms with Crippen LogP contribution in [0.4, 0.5) is 11.4 Å². The summed E-state index contributed by atoms with van der Waals surface area (Å²) in [6.45, 7) is 1.77. The van der Waals surface area contributed by atoms with E-state index in [2.05, 4.69) is 5.43 Å². The molecule has 0 saturated carbocycles. The fourth-order valence-corrected chi connectivity index (χ4v) is 2.41. The molecule has 8 heteroatoms. The van der Waals surface area contributed by atoms with Crippen LogP contribution in [0.5, 0.6) is 0 Å². The van der Waals surface area contributed by atoms with Crippen LogP contribution in [-0.2, 0) is 17.1 Å². The van der Waals surface area contributed by atoms with Gasteiger partial charge in [0.2, 0.25) is 0 Å². The van der Waals surface area contributed by atoms with Crippen LogP contribution in [0.15, 0.2) is 18.2 Å². The minimum atomic E-state index is -2.38. The quantitative estimate of drug-likeness (QED) is 0.446. The van der Waals surface area contributed by atoms with Crippen molar-refractivity contribution in [3.63, 3.8) is 0 Å². The van der Waals surface area contributed by atoms with Gasteiger partial charge in [0.25, 0.3) is 5.69 Å². The second-order valence-electron chi connectivity index (χ2n) is 4.72. The Labute approximate surface area is 118 Å². The summed E-state index contributed by atoms with van der Waals surface area (Å²) < 4.78 is 21.0. The van der Waals surface area contributed by atoms with Gasteiger partial charge in [0.05, 0.1) is 4.92 Å². The first-order chi connectivity index (χ1) is 9.56. The zero-order valence-corrected chi connectivity index (χ0v) is 11.8. The van der Waals surface area contributed by atoms with Crippen molar-refractivity contribution in [3.05, 3.63) is 33.9 Å². The molecule has 1 aliphatic rings. The first-order valence-electron chi connectivity index (χ1n) is 6.47. The first-order valence-corrected chi connectivity index (χ1v) is 7.83. The zero-order valence-electron chi connectivity index (χ0n) is 10.9. The van der Waals surface area contributed by atoms with Gasteiger partial charge in [-0.25, -0.2) is 13.4 Å². The average Bonchev–Trinajstić information content (AvgIpc) is 2.34. The predicted octanol–water partition coefficient (Wildman–Crippen LogP) is 1.17. The van der Waals surface area contributed by atoms with Crippen molar-refractivity contribution in [1.82, 2.24) is 5.01 Å². The lowest BCUT2D eigenvalue weighted by molar-refractivity contribution is -0.384. The minimum Gasteiger partial charge on any atom is -0.313 e. The largest absolute Gasteiger partial charge is 0.313 e. The van der Waals surface area contributed by atoms with Gasteiger partial charge in [0.1, 0.15) is 16.4 Å². The van der Waals surface area contributed by atoms with Crippen LogP contribution in [0.1, 0.15) is 18.4 Å². The average molecular weight is 299 g/mol. The maximum absolute atomic E-state index is 11.1. The summed E-state index contributed by atoms with van der Waals surface area (Å²) in [5.41, 5.74) is 4.31. The number of benzene rings is 1. The molecule has 1 saturated heterocycles. The third-order valence-electron chi connectivity index (χ3n) is 3.20. The molecule has 1 N–H and O–H groups in total. The molecule has 1 heterocycles. The van der Waals surface area contributed by atoms with Crippen molar-refractivity contribution in [2.45, 2.75) is 19.3 Å². The van der Waals surface area contributed by atoms with Gasteiger partial charge in [-0.05, 0) is 30.9 Å². The molecule has 0 aliphatic carbocycles. The van der Waals surface area contributed by atoms with Crippen molar-refractivity contribution in [3.8, 4) is 0 Å². The Bertz CT molecular complexity index is 562. The number of nitro benzene ring substituents is 1. The Morgan fingerprint density at radius 2 is 2.10 bits per heavy atom. The van der Waals surface area contributed by atoms with E-state index in [0.717, 1.165) is 25.1 Å². The number of nitrogens with zero attached hydrogens (tertiary/aromatic N) is 2. The van der Waals surface area contributed by atoms with Crippen LogP contribution >= 0.6 is 0 Å². The molecule has 0 amide bonds. The van der Waals surface area contributed by atoms with E-state index in [4.69, 9.17) is 0 Å². The maximum atomic E-state index is 11.1. The summed E-state index contributed by atoms with van der Waals surface area (Å²) >= 11 is 0. The fourth-order valence-electron chi connectivity index (χ4n) is 1.99. The molecular formula is C12H17N3O4S. The highest BCUT2D eigenvalue weighted by molar-refractivity contribution is 7.72. The second-order valence-corrected chi connectivity index (χ2v) is 5.83. The molecule has 0 aromatic heterocycles. The molecule has 0 unspecified atom stereocenters. The lowest BCUT2D eigenvalue weighted by Crippen LogP contribution is -2.41. The van der Waals surface area contributed by atoms with Crippen LogP contribution in [0.2, 0.25) is 0 Å². The van der Waals surface area contributed by atoms with Gasteiger partial charge in [-0.15, -0.1) is 0 Å². The number of nitro groups is 1. The highest BCUT2D eigenvalue weighted by atomic mass is 32.2. The number of thiol groups is 1. The summed E-state index contributed by atoms with van der Waals surface area (Å²) in [6, 6.07) is 5.00. The number of rotatable bonds is 7. The molecule has 1 aliphatic heterocycles.